The Morgan fingerprint density at radius 1 is 1.23 bits per heavy atom. The maximum atomic E-state index is 11.9. The summed E-state index contributed by atoms with van der Waals surface area (Å²) in [5, 5.41) is 2.12. The highest BCUT2D eigenvalue weighted by Gasteiger charge is 2.51. The van der Waals surface area contributed by atoms with E-state index < -0.39 is 0 Å². The van der Waals surface area contributed by atoms with Crippen LogP contribution in [0, 0.1) is 17.8 Å². The van der Waals surface area contributed by atoms with Gasteiger partial charge in [0.1, 0.15) is 0 Å². The molecule has 0 N–H and O–H groups in total. The summed E-state index contributed by atoms with van der Waals surface area (Å²) < 4.78 is 7.42. The molecule has 0 unspecified atom stereocenters. The molecular formula is C20H31ClN2O2S. The van der Waals surface area contributed by atoms with Crippen LogP contribution in [-0.2, 0) is 22.5 Å². The second-order valence-corrected chi connectivity index (χ2v) is 9.23. The number of nitrogens with zero attached hydrogens (tertiary/aromatic N) is 2. The molecular weight excluding hydrogens is 368 g/mol. The van der Waals surface area contributed by atoms with Gasteiger partial charge in [-0.25, -0.2) is 0 Å². The van der Waals surface area contributed by atoms with E-state index in [9.17, 15) is 4.79 Å². The molecule has 1 heterocycles. The molecule has 1 aromatic rings. The van der Waals surface area contributed by atoms with Crippen LogP contribution in [-0.4, -0.2) is 22.7 Å². The van der Waals surface area contributed by atoms with Crippen LogP contribution in [0.4, 0.5) is 0 Å². The largest absolute Gasteiger partial charge is 0.466 e. The molecule has 1 aromatic heterocycles. The number of aromatic nitrogens is 1. The van der Waals surface area contributed by atoms with Crippen LogP contribution in [0.5, 0.6) is 0 Å². The number of thiazole rings is 1. The molecule has 0 aromatic carbocycles. The number of hydrogen-bond donors (Lipinski definition) is 0. The maximum Gasteiger partial charge on any atom is 0.311 e. The third-order valence-electron chi connectivity index (χ3n) is 6.29. The fourth-order valence-corrected chi connectivity index (χ4v) is 6.86. The minimum atomic E-state index is -0.133. The highest BCUT2D eigenvalue weighted by atomic mass is 35.5. The van der Waals surface area contributed by atoms with Gasteiger partial charge in [-0.05, 0) is 69.6 Å². The Labute approximate surface area is 166 Å². The predicted octanol–water partition coefficient (Wildman–Crippen LogP) is 4.36. The fraction of sp³-hybridized carbons (Fsp3) is 0.800. The summed E-state index contributed by atoms with van der Waals surface area (Å²) in [6.45, 7) is 5.43. The Morgan fingerprint density at radius 2 is 1.85 bits per heavy atom. The van der Waals surface area contributed by atoms with Gasteiger partial charge < -0.3 is 9.30 Å². The molecule has 4 aliphatic rings. The second-order valence-electron chi connectivity index (χ2n) is 8.40. The van der Waals surface area contributed by atoms with Crippen molar-refractivity contribution in [3.05, 3.63) is 15.9 Å². The molecule has 4 fully saturated rings. The van der Waals surface area contributed by atoms with Crippen LogP contribution >= 0.6 is 23.7 Å². The van der Waals surface area contributed by atoms with E-state index >= 15 is 0 Å². The van der Waals surface area contributed by atoms with Crippen molar-refractivity contribution in [2.75, 3.05) is 6.61 Å². The summed E-state index contributed by atoms with van der Waals surface area (Å²) in [6, 6.07) is 0. The Bertz CT molecular complexity index is 674. The van der Waals surface area contributed by atoms with Crippen molar-refractivity contribution in [2.45, 2.75) is 77.3 Å². The number of hydrogen-bond acceptors (Lipinski definition) is 4. The molecule has 0 saturated heterocycles. The lowest BCUT2D eigenvalue weighted by molar-refractivity contribution is -0.142. The van der Waals surface area contributed by atoms with Gasteiger partial charge in [0, 0.05) is 17.6 Å². The molecule has 4 saturated carbocycles. The van der Waals surface area contributed by atoms with Crippen LogP contribution in [0.25, 0.3) is 0 Å². The Morgan fingerprint density at radius 3 is 2.38 bits per heavy atom. The number of carbonyl (C=O) groups excluding carboxylic acids is 1. The zero-order valence-corrected chi connectivity index (χ0v) is 17.5. The molecule has 5 rings (SSSR count). The molecule has 4 aliphatic carbocycles. The van der Waals surface area contributed by atoms with E-state index in [1.54, 1.807) is 11.3 Å². The van der Waals surface area contributed by atoms with Crippen LogP contribution in [0.15, 0.2) is 10.4 Å². The summed E-state index contributed by atoms with van der Waals surface area (Å²) in [5.74, 6) is 2.60. The van der Waals surface area contributed by atoms with E-state index in [4.69, 9.17) is 9.73 Å². The van der Waals surface area contributed by atoms with Crippen molar-refractivity contribution in [1.29, 1.82) is 0 Å². The number of esters is 1. The van der Waals surface area contributed by atoms with Crippen molar-refractivity contribution < 1.29 is 9.53 Å². The molecule has 26 heavy (non-hydrogen) atoms. The van der Waals surface area contributed by atoms with Crippen molar-refractivity contribution in [1.82, 2.24) is 4.57 Å². The first-order valence-corrected chi connectivity index (χ1v) is 10.9. The monoisotopic (exact) mass is 398 g/mol. The summed E-state index contributed by atoms with van der Waals surface area (Å²) in [7, 11) is 0. The highest BCUT2D eigenvalue weighted by Crippen LogP contribution is 2.57. The zero-order chi connectivity index (χ0) is 17.4. The topological polar surface area (TPSA) is 43.6 Å². The van der Waals surface area contributed by atoms with E-state index in [2.05, 4.69) is 16.9 Å². The van der Waals surface area contributed by atoms with E-state index in [0.717, 1.165) is 41.2 Å². The van der Waals surface area contributed by atoms with Crippen molar-refractivity contribution in [2.24, 2.45) is 22.7 Å². The smallest absolute Gasteiger partial charge is 0.311 e. The lowest BCUT2D eigenvalue weighted by Gasteiger charge is -2.54. The Kier molecular flexibility index (Phi) is 6.18. The first-order chi connectivity index (χ1) is 12.1. The number of carbonyl (C=O) groups is 1. The molecule has 0 amide bonds. The fourth-order valence-electron chi connectivity index (χ4n) is 5.82. The van der Waals surface area contributed by atoms with Gasteiger partial charge in [0.15, 0.2) is 4.80 Å². The Balaban J connectivity index is 0.00000196. The minimum absolute atomic E-state index is 0. The van der Waals surface area contributed by atoms with Gasteiger partial charge in [-0.1, -0.05) is 6.92 Å². The van der Waals surface area contributed by atoms with E-state index in [1.807, 2.05) is 6.92 Å². The number of rotatable bonds is 6. The lowest BCUT2D eigenvalue weighted by Crippen LogP contribution is -2.50. The van der Waals surface area contributed by atoms with Gasteiger partial charge in [0.05, 0.1) is 18.6 Å². The predicted molar refractivity (Wildman–Crippen MR) is 107 cm³/mol. The Hall–Kier alpha value is -0.810. The SMILES string of the molecule is CCCn1c(CC(=O)OCC)csc1=NC12CC3CC(CC(C3)C1)C2.Cl. The molecule has 0 aliphatic heterocycles. The van der Waals surface area contributed by atoms with Crippen LogP contribution in [0.2, 0.25) is 0 Å². The molecule has 4 nitrogen and oxygen atoms in total. The van der Waals surface area contributed by atoms with Gasteiger partial charge in [-0.3, -0.25) is 9.79 Å². The second kappa shape index (κ2) is 8.05. The van der Waals surface area contributed by atoms with Gasteiger partial charge >= 0.3 is 5.97 Å². The van der Waals surface area contributed by atoms with Crippen LogP contribution in [0.3, 0.4) is 0 Å². The van der Waals surface area contributed by atoms with Gasteiger partial charge in [0.2, 0.25) is 0 Å². The third kappa shape index (κ3) is 3.89. The van der Waals surface area contributed by atoms with Gasteiger partial charge in [-0.15, -0.1) is 23.7 Å². The average Bonchev–Trinajstić information content (AvgIpc) is 2.88. The summed E-state index contributed by atoms with van der Waals surface area (Å²) in [4.78, 5) is 18.4. The van der Waals surface area contributed by atoms with E-state index in [1.165, 1.54) is 38.5 Å². The first-order valence-electron chi connectivity index (χ1n) is 9.99. The normalized spacial score (nSPS) is 32.5. The van der Waals surface area contributed by atoms with Crippen molar-refractivity contribution >= 4 is 29.7 Å². The molecule has 4 bridgehead atoms. The van der Waals surface area contributed by atoms with Crippen molar-refractivity contribution in [3.8, 4) is 0 Å². The molecule has 0 atom stereocenters. The highest BCUT2D eigenvalue weighted by molar-refractivity contribution is 7.07. The standard InChI is InChI=1S/C20H30N2O2S.ClH/c1-3-5-22-17(9-18(23)24-4-2)13-25-19(22)21-20-10-14-6-15(11-20)8-16(7-14)12-20;/h13-16H,3-12H2,1-2H3;1H. The lowest BCUT2D eigenvalue weighted by atomic mass is 9.53. The minimum Gasteiger partial charge on any atom is -0.466 e. The summed E-state index contributed by atoms with van der Waals surface area (Å²) in [6.07, 6.45) is 9.62. The van der Waals surface area contributed by atoms with Gasteiger partial charge in [0.25, 0.3) is 0 Å². The first kappa shape index (κ1) is 19.9. The van der Waals surface area contributed by atoms with Crippen LogP contribution in [0.1, 0.15) is 64.5 Å². The third-order valence-corrected chi connectivity index (χ3v) is 7.21. The summed E-state index contributed by atoms with van der Waals surface area (Å²) >= 11 is 1.71. The van der Waals surface area contributed by atoms with E-state index in [0.29, 0.717) is 13.0 Å². The maximum absolute atomic E-state index is 11.9. The zero-order valence-electron chi connectivity index (χ0n) is 15.9. The number of halogens is 1. The summed E-state index contributed by atoms with van der Waals surface area (Å²) in [5.41, 5.74) is 1.25. The quantitative estimate of drug-likeness (QED) is 0.668. The van der Waals surface area contributed by atoms with E-state index in [-0.39, 0.29) is 23.9 Å². The molecule has 146 valence electrons. The molecule has 0 spiro atoms. The van der Waals surface area contributed by atoms with Crippen molar-refractivity contribution in [3.63, 3.8) is 0 Å². The van der Waals surface area contributed by atoms with Gasteiger partial charge in [-0.2, -0.15) is 0 Å². The average molecular weight is 399 g/mol. The molecule has 0 radical (unpaired) electrons. The van der Waals surface area contributed by atoms with Crippen LogP contribution < -0.4 is 4.80 Å². The number of ether oxygens (including phenoxy) is 1. The molecule has 6 heteroatoms.